The fraction of sp³-hybridized carbons (Fsp3) is 0.481. The second-order valence-electron chi connectivity index (χ2n) is 9.15. The summed E-state index contributed by atoms with van der Waals surface area (Å²) in [6.45, 7) is 10.5. The molecule has 0 unspecified atom stereocenters. The molecule has 206 valence electrons. The van der Waals surface area contributed by atoms with Gasteiger partial charge in [0.25, 0.3) is 5.91 Å². The molecular weight excluding hydrogens is 524 g/mol. The van der Waals surface area contributed by atoms with Crippen molar-refractivity contribution in [3.8, 4) is 11.5 Å². The van der Waals surface area contributed by atoms with Gasteiger partial charge in [-0.15, -0.1) is 0 Å². The number of ether oxygens (including phenoxy) is 2. The van der Waals surface area contributed by atoms with E-state index in [4.69, 9.17) is 14.5 Å². The summed E-state index contributed by atoms with van der Waals surface area (Å²) in [6, 6.07) is 9.95. The molecule has 2 aromatic carbocycles. The van der Waals surface area contributed by atoms with Crippen molar-refractivity contribution >= 4 is 42.6 Å². The van der Waals surface area contributed by atoms with Gasteiger partial charge in [0.05, 0.1) is 15.1 Å². The molecule has 0 bridgehead atoms. The Hall–Kier alpha value is -2.73. The zero-order valence-electron chi connectivity index (χ0n) is 22.5. The van der Waals surface area contributed by atoms with E-state index >= 15 is 0 Å². The molecule has 11 heteroatoms. The van der Waals surface area contributed by atoms with Crippen LogP contribution in [0.3, 0.4) is 0 Å². The number of carbonyl (C=O) groups is 1. The van der Waals surface area contributed by atoms with E-state index in [1.54, 1.807) is 24.1 Å². The summed E-state index contributed by atoms with van der Waals surface area (Å²) >= 11 is 1.42. The zero-order chi connectivity index (χ0) is 27.3. The van der Waals surface area contributed by atoms with Gasteiger partial charge in [-0.05, 0) is 43.8 Å². The molecule has 0 saturated carbocycles. The van der Waals surface area contributed by atoms with E-state index in [2.05, 4.69) is 18.7 Å². The summed E-state index contributed by atoms with van der Waals surface area (Å²) in [7, 11) is -2.03. The highest BCUT2D eigenvalue weighted by Gasteiger charge is 2.25. The van der Waals surface area contributed by atoms with Crippen LogP contribution in [0.2, 0.25) is 0 Å². The van der Waals surface area contributed by atoms with Crippen molar-refractivity contribution in [1.82, 2.24) is 14.2 Å². The predicted octanol–water partition coefficient (Wildman–Crippen LogP) is 4.48. The third-order valence-corrected chi connectivity index (χ3v) is 9.60. The van der Waals surface area contributed by atoms with Crippen molar-refractivity contribution in [2.24, 2.45) is 0 Å². The van der Waals surface area contributed by atoms with Crippen LogP contribution in [-0.2, 0) is 10.0 Å². The number of hydrogen-bond acceptors (Lipinski definition) is 8. The highest BCUT2D eigenvalue weighted by molar-refractivity contribution is 7.89. The summed E-state index contributed by atoms with van der Waals surface area (Å²) in [4.78, 5) is 22.6. The minimum atomic E-state index is -3.61. The Kier molecular flexibility index (Phi) is 9.24. The number of sulfonamides is 1. The molecule has 0 aliphatic carbocycles. The second kappa shape index (κ2) is 12.4. The van der Waals surface area contributed by atoms with Gasteiger partial charge >= 0.3 is 0 Å². The lowest BCUT2D eigenvalue weighted by molar-refractivity contribution is 0.0983. The van der Waals surface area contributed by atoms with Crippen molar-refractivity contribution in [3.63, 3.8) is 0 Å². The summed E-state index contributed by atoms with van der Waals surface area (Å²) in [5.41, 5.74) is 1.15. The molecule has 0 fully saturated rings. The van der Waals surface area contributed by atoms with Crippen LogP contribution in [0.25, 0.3) is 10.2 Å². The molecule has 0 saturated heterocycles. The molecule has 0 spiro atoms. The summed E-state index contributed by atoms with van der Waals surface area (Å²) in [6.07, 6.45) is 1.70. The number of benzene rings is 2. The van der Waals surface area contributed by atoms with Gasteiger partial charge in [0, 0.05) is 44.4 Å². The SMILES string of the molecule is CCCCN(C)S(=O)(=O)c1ccc(C(=O)N(CCN(CC)CC)c2nc3cc4c(cc3s2)OCCO4)cc1. The topological polar surface area (TPSA) is 92.3 Å². The normalized spacial score (nSPS) is 13.4. The first-order chi connectivity index (χ1) is 18.3. The molecule has 0 atom stereocenters. The Morgan fingerprint density at radius 3 is 2.26 bits per heavy atom. The Balaban J connectivity index is 1.63. The van der Waals surface area contributed by atoms with Gasteiger partial charge < -0.3 is 14.4 Å². The monoisotopic (exact) mass is 560 g/mol. The number of fused-ring (bicyclic) bond motifs is 2. The zero-order valence-corrected chi connectivity index (χ0v) is 24.1. The van der Waals surface area contributed by atoms with E-state index in [9.17, 15) is 13.2 Å². The van der Waals surface area contributed by atoms with E-state index in [0.717, 1.165) is 36.1 Å². The van der Waals surface area contributed by atoms with Crippen molar-refractivity contribution in [2.45, 2.75) is 38.5 Å². The number of aromatic nitrogens is 1. The number of carbonyl (C=O) groups excluding carboxylic acids is 1. The molecule has 38 heavy (non-hydrogen) atoms. The fourth-order valence-corrected chi connectivity index (χ4v) is 6.45. The van der Waals surface area contributed by atoms with Crippen LogP contribution in [0.15, 0.2) is 41.3 Å². The lowest BCUT2D eigenvalue weighted by atomic mass is 10.2. The fourth-order valence-electron chi connectivity index (χ4n) is 4.24. The smallest absolute Gasteiger partial charge is 0.260 e. The standard InChI is InChI=1S/C27H36N4O5S2/c1-5-8-13-29(4)38(33,34)21-11-9-20(10-12-21)26(32)31(15-14-30(6-2)7-3)27-28-22-18-23-24(19-25(22)37-27)36-17-16-35-23/h9-12,18-19H,5-8,13-17H2,1-4H3. The average Bonchev–Trinajstić information content (AvgIpc) is 3.34. The van der Waals surface area contributed by atoms with E-state index in [1.807, 2.05) is 19.1 Å². The third-order valence-electron chi connectivity index (χ3n) is 6.69. The highest BCUT2D eigenvalue weighted by atomic mass is 32.2. The number of unbranched alkanes of at least 4 members (excludes halogenated alkanes) is 1. The number of likely N-dealkylation sites (N-methyl/N-ethyl adjacent to an activating group) is 1. The number of nitrogens with zero attached hydrogens (tertiary/aromatic N) is 4. The molecule has 1 aliphatic heterocycles. The third kappa shape index (κ3) is 6.12. The molecule has 1 amide bonds. The van der Waals surface area contributed by atoms with Gasteiger partial charge in [0.2, 0.25) is 10.0 Å². The molecule has 0 N–H and O–H groups in total. The van der Waals surface area contributed by atoms with Gasteiger partial charge in [-0.2, -0.15) is 0 Å². The van der Waals surface area contributed by atoms with Crippen LogP contribution in [0.4, 0.5) is 5.13 Å². The van der Waals surface area contributed by atoms with Crippen molar-refractivity contribution < 1.29 is 22.7 Å². The average molecular weight is 561 g/mol. The van der Waals surface area contributed by atoms with E-state index in [0.29, 0.717) is 55.0 Å². The lowest BCUT2D eigenvalue weighted by Crippen LogP contribution is -2.38. The molecule has 4 rings (SSSR count). The van der Waals surface area contributed by atoms with Crippen molar-refractivity contribution in [1.29, 1.82) is 0 Å². The Bertz CT molecular complexity index is 1310. The minimum Gasteiger partial charge on any atom is -0.486 e. The first kappa shape index (κ1) is 28.3. The number of anilines is 1. The largest absolute Gasteiger partial charge is 0.486 e. The van der Waals surface area contributed by atoms with Gasteiger partial charge in [0.15, 0.2) is 16.6 Å². The maximum absolute atomic E-state index is 13.8. The molecule has 3 aromatic rings. The number of hydrogen-bond donors (Lipinski definition) is 0. The second-order valence-corrected chi connectivity index (χ2v) is 12.2. The minimum absolute atomic E-state index is 0.174. The Morgan fingerprint density at radius 2 is 1.63 bits per heavy atom. The predicted molar refractivity (Wildman–Crippen MR) is 151 cm³/mol. The van der Waals surface area contributed by atoms with Gasteiger partial charge in [-0.3, -0.25) is 9.69 Å². The summed E-state index contributed by atoms with van der Waals surface area (Å²) in [5.74, 6) is 1.11. The van der Waals surface area contributed by atoms with Crippen LogP contribution in [0.5, 0.6) is 11.5 Å². The number of thiazole rings is 1. The van der Waals surface area contributed by atoms with E-state index in [-0.39, 0.29) is 10.8 Å². The van der Waals surface area contributed by atoms with E-state index in [1.165, 1.54) is 27.8 Å². The van der Waals surface area contributed by atoms with Crippen LogP contribution < -0.4 is 14.4 Å². The number of rotatable bonds is 12. The van der Waals surface area contributed by atoms with Crippen molar-refractivity contribution in [3.05, 3.63) is 42.0 Å². The quantitative estimate of drug-likeness (QED) is 0.323. The molecule has 1 aromatic heterocycles. The Morgan fingerprint density at radius 1 is 0.974 bits per heavy atom. The molecule has 1 aliphatic rings. The Labute approximate surface area is 229 Å². The molecule has 9 nitrogen and oxygen atoms in total. The summed E-state index contributed by atoms with van der Waals surface area (Å²) in [5, 5.41) is 0.579. The lowest BCUT2D eigenvalue weighted by Gasteiger charge is -2.25. The molecule has 2 heterocycles. The molecular formula is C27H36N4O5S2. The van der Waals surface area contributed by atoms with Gasteiger partial charge in [0.1, 0.15) is 13.2 Å². The summed E-state index contributed by atoms with van der Waals surface area (Å²) < 4.78 is 39.5. The molecule has 0 radical (unpaired) electrons. The van der Waals surface area contributed by atoms with Crippen LogP contribution >= 0.6 is 11.3 Å². The number of amides is 1. The van der Waals surface area contributed by atoms with Crippen LogP contribution in [0, 0.1) is 0 Å². The highest BCUT2D eigenvalue weighted by Crippen LogP contribution is 2.39. The maximum Gasteiger partial charge on any atom is 0.260 e. The van der Waals surface area contributed by atoms with E-state index < -0.39 is 10.0 Å². The maximum atomic E-state index is 13.8. The first-order valence-electron chi connectivity index (χ1n) is 13.1. The van der Waals surface area contributed by atoms with Gasteiger partial charge in [-0.1, -0.05) is 38.5 Å². The van der Waals surface area contributed by atoms with Gasteiger partial charge in [-0.25, -0.2) is 17.7 Å². The van der Waals surface area contributed by atoms with Crippen LogP contribution in [-0.4, -0.2) is 81.5 Å². The first-order valence-corrected chi connectivity index (χ1v) is 15.3. The van der Waals surface area contributed by atoms with Crippen molar-refractivity contribution in [2.75, 3.05) is 57.9 Å². The van der Waals surface area contributed by atoms with Crippen LogP contribution in [0.1, 0.15) is 44.0 Å².